The van der Waals surface area contributed by atoms with Gasteiger partial charge < -0.3 is 14.9 Å². The van der Waals surface area contributed by atoms with Gasteiger partial charge in [-0.1, -0.05) is 12.2 Å². The van der Waals surface area contributed by atoms with Crippen molar-refractivity contribution in [2.24, 2.45) is 5.92 Å². The second kappa shape index (κ2) is 6.78. The zero-order valence-electron chi connectivity index (χ0n) is 12.4. The van der Waals surface area contributed by atoms with Gasteiger partial charge in [-0.25, -0.2) is 4.79 Å². The van der Waals surface area contributed by atoms with Crippen LogP contribution < -0.4 is 0 Å². The molecule has 0 radical (unpaired) electrons. The zero-order valence-corrected chi connectivity index (χ0v) is 12.4. The summed E-state index contributed by atoms with van der Waals surface area (Å²) < 4.78 is 0. The standard InChI is InChI=1S/C16H24N2O3/c1-3-7-17(8-4-2)16(21)18-13-5-6-14(18)10-12(9-13)11-15(19)20/h3-4,12-14H,1-2,5-11H2,(H,19,20). The van der Waals surface area contributed by atoms with E-state index in [9.17, 15) is 9.59 Å². The molecule has 116 valence electrons. The maximum absolute atomic E-state index is 12.7. The summed E-state index contributed by atoms with van der Waals surface area (Å²) in [5.41, 5.74) is 0. The molecule has 2 bridgehead atoms. The van der Waals surface area contributed by atoms with E-state index in [0.29, 0.717) is 13.1 Å². The fourth-order valence-corrected chi connectivity index (χ4v) is 3.72. The third kappa shape index (κ3) is 3.46. The van der Waals surface area contributed by atoms with E-state index in [1.165, 1.54) is 0 Å². The maximum Gasteiger partial charge on any atom is 0.321 e. The van der Waals surface area contributed by atoms with Crippen molar-refractivity contribution in [3.05, 3.63) is 25.3 Å². The normalized spacial score (nSPS) is 27.2. The van der Waals surface area contributed by atoms with Gasteiger partial charge in [-0.15, -0.1) is 13.2 Å². The number of hydrogen-bond acceptors (Lipinski definition) is 2. The Morgan fingerprint density at radius 2 is 1.67 bits per heavy atom. The predicted octanol–water partition coefficient (Wildman–Crippen LogP) is 2.50. The highest BCUT2D eigenvalue weighted by Gasteiger charge is 2.44. The maximum atomic E-state index is 12.7. The number of urea groups is 1. The fraction of sp³-hybridized carbons (Fsp3) is 0.625. The monoisotopic (exact) mass is 292 g/mol. The molecule has 0 aromatic carbocycles. The van der Waals surface area contributed by atoms with E-state index >= 15 is 0 Å². The quantitative estimate of drug-likeness (QED) is 0.765. The van der Waals surface area contributed by atoms with Gasteiger partial charge in [-0.05, 0) is 31.6 Å². The summed E-state index contributed by atoms with van der Waals surface area (Å²) in [6.07, 6.45) is 7.26. The number of carboxylic acid groups (broad SMARTS) is 1. The number of amides is 2. The van der Waals surface area contributed by atoms with E-state index in [0.717, 1.165) is 25.7 Å². The van der Waals surface area contributed by atoms with Gasteiger partial charge in [0.1, 0.15) is 0 Å². The molecule has 21 heavy (non-hydrogen) atoms. The number of nitrogens with zero attached hydrogens (tertiary/aromatic N) is 2. The second-order valence-corrected chi connectivity index (χ2v) is 5.99. The minimum absolute atomic E-state index is 0.0380. The van der Waals surface area contributed by atoms with Crippen LogP contribution in [0.15, 0.2) is 25.3 Å². The lowest BCUT2D eigenvalue weighted by atomic mass is 9.88. The van der Waals surface area contributed by atoms with Crippen LogP contribution in [0.2, 0.25) is 0 Å². The molecule has 2 aliphatic heterocycles. The van der Waals surface area contributed by atoms with Crippen molar-refractivity contribution >= 4 is 12.0 Å². The number of rotatable bonds is 6. The Morgan fingerprint density at radius 1 is 1.14 bits per heavy atom. The van der Waals surface area contributed by atoms with E-state index in [1.807, 2.05) is 4.90 Å². The topological polar surface area (TPSA) is 60.9 Å². The first-order valence-corrected chi connectivity index (χ1v) is 7.57. The first-order valence-electron chi connectivity index (χ1n) is 7.57. The van der Waals surface area contributed by atoms with Gasteiger partial charge in [0, 0.05) is 31.6 Å². The number of hydrogen-bond donors (Lipinski definition) is 1. The molecule has 2 rings (SSSR count). The van der Waals surface area contributed by atoms with Crippen LogP contribution in [0.1, 0.15) is 32.1 Å². The molecule has 2 saturated heterocycles. The van der Waals surface area contributed by atoms with E-state index in [2.05, 4.69) is 13.2 Å². The molecule has 0 spiro atoms. The first-order chi connectivity index (χ1) is 10.1. The zero-order chi connectivity index (χ0) is 15.4. The lowest BCUT2D eigenvalue weighted by molar-refractivity contribution is -0.138. The van der Waals surface area contributed by atoms with Crippen LogP contribution in [0.3, 0.4) is 0 Å². The second-order valence-electron chi connectivity index (χ2n) is 5.99. The van der Waals surface area contributed by atoms with Crippen molar-refractivity contribution in [2.45, 2.75) is 44.2 Å². The van der Waals surface area contributed by atoms with Crippen molar-refractivity contribution in [2.75, 3.05) is 13.1 Å². The lowest BCUT2D eigenvalue weighted by Gasteiger charge is -2.41. The van der Waals surface area contributed by atoms with Crippen LogP contribution in [-0.4, -0.2) is 52.1 Å². The van der Waals surface area contributed by atoms with Crippen LogP contribution in [0.25, 0.3) is 0 Å². The van der Waals surface area contributed by atoms with Crippen molar-refractivity contribution in [3.8, 4) is 0 Å². The third-order valence-electron chi connectivity index (χ3n) is 4.48. The molecule has 2 fully saturated rings. The van der Waals surface area contributed by atoms with Crippen molar-refractivity contribution in [1.82, 2.24) is 9.80 Å². The van der Waals surface area contributed by atoms with Crippen molar-refractivity contribution < 1.29 is 14.7 Å². The molecule has 0 aliphatic carbocycles. The Bertz CT molecular complexity index is 411. The molecule has 2 unspecified atom stereocenters. The van der Waals surface area contributed by atoms with Gasteiger partial charge in [-0.2, -0.15) is 0 Å². The molecule has 1 N–H and O–H groups in total. The Hall–Kier alpha value is -1.78. The molecular weight excluding hydrogens is 268 g/mol. The van der Waals surface area contributed by atoms with Crippen LogP contribution in [0.5, 0.6) is 0 Å². The summed E-state index contributed by atoms with van der Waals surface area (Å²) in [5, 5.41) is 8.95. The number of carbonyl (C=O) groups is 2. The van der Waals surface area contributed by atoms with E-state index in [4.69, 9.17) is 5.11 Å². The summed E-state index contributed by atoms with van der Waals surface area (Å²) in [7, 11) is 0. The van der Waals surface area contributed by atoms with Gasteiger partial charge in [0.05, 0.1) is 0 Å². The fourth-order valence-electron chi connectivity index (χ4n) is 3.72. The highest BCUT2D eigenvalue weighted by molar-refractivity contribution is 5.76. The van der Waals surface area contributed by atoms with Crippen LogP contribution in [0.4, 0.5) is 4.79 Å². The minimum Gasteiger partial charge on any atom is -0.481 e. The number of aliphatic carboxylic acids is 1. The van der Waals surface area contributed by atoms with Crippen LogP contribution in [-0.2, 0) is 4.79 Å². The SMILES string of the molecule is C=CCN(CC=C)C(=O)N1C2CCC1CC(CC(=O)O)C2. The van der Waals surface area contributed by atoms with Crippen LogP contribution in [0, 0.1) is 5.92 Å². The van der Waals surface area contributed by atoms with Gasteiger partial charge in [0.15, 0.2) is 0 Å². The summed E-state index contributed by atoms with van der Waals surface area (Å²) in [6.45, 7) is 8.42. The highest BCUT2D eigenvalue weighted by Crippen LogP contribution is 2.40. The third-order valence-corrected chi connectivity index (χ3v) is 4.48. The molecule has 0 aromatic heterocycles. The predicted molar refractivity (Wildman–Crippen MR) is 81.0 cm³/mol. The first kappa shape index (κ1) is 15.6. The number of carbonyl (C=O) groups excluding carboxylic acids is 1. The Kier molecular flexibility index (Phi) is 5.04. The molecule has 5 nitrogen and oxygen atoms in total. The van der Waals surface area contributed by atoms with Gasteiger partial charge in [0.2, 0.25) is 0 Å². The van der Waals surface area contributed by atoms with Gasteiger partial charge in [-0.3, -0.25) is 4.79 Å². The molecule has 2 heterocycles. The van der Waals surface area contributed by atoms with Crippen LogP contribution >= 0.6 is 0 Å². The number of piperidine rings is 1. The van der Waals surface area contributed by atoms with Gasteiger partial charge >= 0.3 is 12.0 Å². The molecular formula is C16H24N2O3. The molecule has 2 atom stereocenters. The molecule has 0 saturated carbocycles. The number of fused-ring (bicyclic) bond motifs is 2. The highest BCUT2D eigenvalue weighted by atomic mass is 16.4. The van der Waals surface area contributed by atoms with E-state index in [1.54, 1.807) is 17.1 Å². The molecule has 2 amide bonds. The van der Waals surface area contributed by atoms with E-state index in [-0.39, 0.29) is 30.5 Å². The Morgan fingerprint density at radius 3 is 2.10 bits per heavy atom. The van der Waals surface area contributed by atoms with Crippen molar-refractivity contribution in [1.29, 1.82) is 0 Å². The summed E-state index contributed by atoms with van der Waals surface area (Å²) >= 11 is 0. The largest absolute Gasteiger partial charge is 0.481 e. The average molecular weight is 292 g/mol. The summed E-state index contributed by atoms with van der Waals surface area (Å²) in [4.78, 5) is 27.3. The summed E-state index contributed by atoms with van der Waals surface area (Å²) in [5.74, 6) is -0.532. The Labute approximate surface area is 125 Å². The van der Waals surface area contributed by atoms with Crippen molar-refractivity contribution in [3.63, 3.8) is 0 Å². The summed E-state index contributed by atoms with van der Waals surface area (Å²) in [6, 6.07) is 0.423. The van der Waals surface area contributed by atoms with Gasteiger partial charge in [0.25, 0.3) is 0 Å². The Balaban J connectivity index is 2.04. The smallest absolute Gasteiger partial charge is 0.321 e. The minimum atomic E-state index is -0.737. The molecule has 2 aliphatic rings. The average Bonchev–Trinajstić information content (AvgIpc) is 2.69. The molecule has 5 heteroatoms. The molecule has 0 aromatic rings. The van der Waals surface area contributed by atoms with E-state index < -0.39 is 5.97 Å². The number of carboxylic acids is 1. The lowest BCUT2D eigenvalue weighted by Crippen LogP contribution is -2.52.